The van der Waals surface area contributed by atoms with Gasteiger partial charge in [-0.15, -0.1) is 0 Å². The van der Waals surface area contributed by atoms with E-state index in [4.69, 9.17) is 4.74 Å². The molecule has 3 aromatic rings. The van der Waals surface area contributed by atoms with Gasteiger partial charge in [0.25, 0.3) is 0 Å². The first-order valence-corrected chi connectivity index (χ1v) is 10.6. The second-order valence-corrected chi connectivity index (χ2v) is 8.31. The van der Waals surface area contributed by atoms with Crippen LogP contribution in [-0.4, -0.2) is 33.6 Å². The number of ether oxygens (including phenoxy) is 1. The predicted molar refractivity (Wildman–Crippen MR) is 112 cm³/mol. The molecule has 8 heteroatoms. The number of nitrogens with zero attached hydrogens (tertiary/aromatic N) is 2. The molecule has 7 nitrogen and oxygen atoms in total. The molecule has 3 rings (SSSR count). The maximum absolute atomic E-state index is 12.3. The Morgan fingerprint density at radius 2 is 1.86 bits per heavy atom. The number of pyridine rings is 1. The van der Waals surface area contributed by atoms with Crippen molar-refractivity contribution in [1.29, 1.82) is 5.26 Å². The van der Waals surface area contributed by atoms with Crippen molar-refractivity contribution in [3.05, 3.63) is 59.7 Å². The first-order chi connectivity index (χ1) is 13.9. The van der Waals surface area contributed by atoms with Gasteiger partial charge in [-0.05, 0) is 49.7 Å². The number of sulfonamides is 1. The van der Waals surface area contributed by atoms with E-state index in [0.717, 1.165) is 16.5 Å². The van der Waals surface area contributed by atoms with E-state index in [1.807, 2.05) is 25.1 Å². The number of nitriles is 1. The molecule has 0 saturated heterocycles. The van der Waals surface area contributed by atoms with Gasteiger partial charge >= 0.3 is 0 Å². The Labute approximate surface area is 170 Å². The van der Waals surface area contributed by atoms with Gasteiger partial charge in [0.2, 0.25) is 10.0 Å². The molecule has 0 aliphatic rings. The summed E-state index contributed by atoms with van der Waals surface area (Å²) in [5, 5.41) is 13.3. The van der Waals surface area contributed by atoms with Crippen molar-refractivity contribution in [1.82, 2.24) is 9.71 Å². The lowest BCUT2D eigenvalue weighted by molar-refractivity contribution is 0.415. The number of aromatic nitrogens is 1. The molecule has 0 unspecified atom stereocenters. The van der Waals surface area contributed by atoms with Crippen LogP contribution in [0.3, 0.4) is 0 Å². The molecular formula is C21H22N4O3S. The summed E-state index contributed by atoms with van der Waals surface area (Å²) >= 11 is 0. The Hall–Kier alpha value is -3.15. The Morgan fingerprint density at radius 3 is 2.55 bits per heavy atom. The number of anilines is 1. The molecule has 0 aliphatic heterocycles. The zero-order valence-corrected chi connectivity index (χ0v) is 17.1. The van der Waals surface area contributed by atoms with Gasteiger partial charge in [-0.1, -0.05) is 17.7 Å². The molecule has 0 spiro atoms. The van der Waals surface area contributed by atoms with Crippen LogP contribution >= 0.6 is 0 Å². The van der Waals surface area contributed by atoms with Crippen LogP contribution in [0.15, 0.2) is 53.4 Å². The van der Waals surface area contributed by atoms with E-state index in [1.54, 1.807) is 37.4 Å². The number of aryl methyl sites for hydroxylation is 1. The van der Waals surface area contributed by atoms with Crippen LogP contribution < -0.4 is 14.8 Å². The minimum atomic E-state index is -3.53. The Bertz CT molecular complexity index is 1150. The molecule has 0 saturated carbocycles. The lowest BCUT2D eigenvalue weighted by atomic mass is 10.1. The van der Waals surface area contributed by atoms with Gasteiger partial charge in [0, 0.05) is 18.5 Å². The van der Waals surface area contributed by atoms with Crippen LogP contribution in [0.1, 0.15) is 17.5 Å². The fourth-order valence-corrected chi connectivity index (χ4v) is 3.88. The average Bonchev–Trinajstić information content (AvgIpc) is 2.72. The molecular weight excluding hydrogens is 388 g/mol. The number of hydrogen-bond acceptors (Lipinski definition) is 6. The molecule has 1 aromatic heterocycles. The summed E-state index contributed by atoms with van der Waals surface area (Å²) in [6.07, 6.45) is 0.540. The molecule has 2 aromatic carbocycles. The standard InChI is InChI=1S/C21H22N4O3S/c1-15-4-7-19(8-5-15)29(26,27)24-11-3-10-23-21-17(14-22)12-16-13-18(28-2)6-9-20(16)25-21/h4-9,12-13,24H,3,10-11H2,1-2H3,(H,23,25). The SMILES string of the molecule is COc1ccc2nc(NCCCNS(=O)(=O)c3ccc(C)cc3)c(C#N)cc2c1. The van der Waals surface area contributed by atoms with Gasteiger partial charge in [0.1, 0.15) is 17.6 Å². The van der Waals surface area contributed by atoms with E-state index in [1.165, 1.54) is 0 Å². The van der Waals surface area contributed by atoms with Crippen molar-refractivity contribution in [3.8, 4) is 11.8 Å². The zero-order chi connectivity index (χ0) is 20.9. The molecule has 1 heterocycles. The Balaban J connectivity index is 1.59. The summed E-state index contributed by atoms with van der Waals surface area (Å²) in [5.41, 5.74) is 2.17. The molecule has 0 bridgehead atoms. The summed E-state index contributed by atoms with van der Waals surface area (Å²) in [7, 11) is -1.94. The summed E-state index contributed by atoms with van der Waals surface area (Å²) in [6.45, 7) is 2.65. The van der Waals surface area contributed by atoms with Gasteiger partial charge in [-0.2, -0.15) is 5.26 Å². The van der Waals surface area contributed by atoms with Crippen molar-refractivity contribution in [2.24, 2.45) is 0 Å². The van der Waals surface area contributed by atoms with Crippen LogP contribution in [0, 0.1) is 18.3 Å². The monoisotopic (exact) mass is 410 g/mol. The number of fused-ring (bicyclic) bond motifs is 1. The van der Waals surface area contributed by atoms with Crippen LogP contribution in [0.4, 0.5) is 5.82 Å². The topological polar surface area (TPSA) is 104 Å². The molecule has 2 N–H and O–H groups in total. The minimum absolute atomic E-state index is 0.245. The number of nitrogens with one attached hydrogen (secondary N) is 2. The summed E-state index contributed by atoms with van der Waals surface area (Å²) in [6, 6.07) is 16.1. The first kappa shape index (κ1) is 20.6. The predicted octanol–water partition coefficient (Wildman–Crippen LogP) is 3.20. The van der Waals surface area contributed by atoms with E-state index in [0.29, 0.717) is 30.1 Å². The number of rotatable bonds is 8. The lowest BCUT2D eigenvalue weighted by Crippen LogP contribution is -2.26. The van der Waals surface area contributed by atoms with E-state index < -0.39 is 10.0 Å². The summed E-state index contributed by atoms with van der Waals surface area (Å²) < 4.78 is 32.3. The van der Waals surface area contributed by atoms with Gasteiger partial charge in [0.05, 0.1) is 23.1 Å². The molecule has 0 aliphatic carbocycles. The largest absolute Gasteiger partial charge is 0.497 e. The molecule has 0 fully saturated rings. The summed E-state index contributed by atoms with van der Waals surface area (Å²) in [4.78, 5) is 4.74. The quantitative estimate of drug-likeness (QED) is 0.553. The third kappa shape index (κ3) is 5.02. The lowest BCUT2D eigenvalue weighted by Gasteiger charge is -2.10. The number of benzene rings is 2. The van der Waals surface area contributed by atoms with Crippen molar-refractivity contribution >= 4 is 26.7 Å². The highest BCUT2D eigenvalue weighted by Crippen LogP contribution is 2.24. The maximum Gasteiger partial charge on any atom is 0.240 e. The Morgan fingerprint density at radius 1 is 1.10 bits per heavy atom. The summed E-state index contributed by atoms with van der Waals surface area (Å²) in [5.74, 6) is 1.18. The first-order valence-electron chi connectivity index (χ1n) is 9.12. The Kier molecular flexibility index (Phi) is 6.32. The molecule has 29 heavy (non-hydrogen) atoms. The smallest absolute Gasteiger partial charge is 0.240 e. The van der Waals surface area contributed by atoms with E-state index in [-0.39, 0.29) is 11.4 Å². The third-order valence-electron chi connectivity index (χ3n) is 4.41. The van der Waals surface area contributed by atoms with Crippen LogP contribution in [0.25, 0.3) is 10.9 Å². The fraction of sp³-hybridized carbons (Fsp3) is 0.238. The molecule has 150 valence electrons. The minimum Gasteiger partial charge on any atom is -0.497 e. The van der Waals surface area contributed by atoms with Gasteiger partial charge < -0.3 is 10.1 Å². The maximum atomic E-state index is 12.3. The highest BCUT2D eigenvalue weighted by Gasteiger charge is 2.13. The van der Waals surface area contributed by atoms with Crippen LogP contribution in [0.2, 0.25) is 0 Å². The van der Waals surface area contributed by atoms with Crippen molar-refractivity contribution in [3.63, 3.8) is 0 Å². The third-order valence-corrected chi connectivity index (χ3v) is 5.89. The average molecular weight is 410 g/mol. The number of methoxy groups -OCH3 is 1. The second kappa shape index (κ2) is 8.90. The van der Waals surface area contributed by atoms with E-state index >= 15 is 0 Å². The second-order valence-electron chi connectivity index (χ2n) is 6.55. The van der Waals surface area contributed by atoms with E-state index in [9.17, 15) is 13.7 Å². The van der Waals surface area contributed by atoms with Crippen molar-refractivity contribution in [2.45, 2.75) is 18.2 Å². The van der Waals surface area contributed by atoms with Gasteiger partial charge in [-0.3, -0.25) is 0 Å². The van der Waals surface area contributed by atoms with Gasteiger partial charge in [-0.25, -0.2) is 18.1 Å². The zero-order valence-electron chi connectivity index (χ0n) is 16.3. The van der Waals surface area contributed by atoms with Crippen molar-refractivity contribution in [2.75, 3.05) is 25.5 Å². The molecule has 0 radical (unpaired) electrons. The van der Waals surface area contributed by atoms with Crippen molar-refractivity contribution < 1.29 is 13.2 Å². The fourth-order valence-electron chi connectivity index (χ4n) is 2.80. The molecule has 0 amide bonds. The molecule has 0 atom stereocenters. The highest BCUT2D eigenvalue weighted by atomic mass is 32.2. The van der Waals surface area contributed by atoms with Crippen LogP contribution in [-0.2, 0) is 10.0 Å². The number of hydrogen-bond donors (Lipinski definition) is 2. The van der Waals surface area contributed by atoms with Gasteiger partial charge in [0.15, 0.2) is 0 Å². The highest BCUT2D eigenvalue weighted by molar-refractivity contribution is 7.89. The van der Waals surface area contributed by atoms with Crippen LogP contribution in [0.5, 0.6) is 5.75 Å². The van der Waals surface area contributed by atoms with E-state index in [2.05, 4.69) is 21.1 Å². The normalized spacial score (nSPS) is 11.2.